The normalized spacial score (nSPS) is 11.4. The van der Waals surface area contributed by atoms with Crippen molar-refractivity contribution in [1.82, 2.24) is 19.8 Å². The first-order chi connectivity index (χ1) is 12.7. The summed E-state index contributed by atoms with van der Waals surface area (Å²) < 4.78 is 2.06. The summed E-state index contributed by atoms with van der Waals surface area (Å²) in [7, 11) is 4.01. The monoisotopic (exact) mass is 347 g/mol. The van der Waals surface area contributed by atoms with Gasteiger partial charge < -0.3 is 14.8 Å². The molecule has 0 unspecified atom stereocenters. The van der Waals surface area contributed by atoms with Gasteiger partial charge in [-0.2, -0.15) is 0 Å². The van der Waals surface area contributed by atoms with E-state index in [0.29, 0.717) is 6.54 Å². The Labute approximate surface area is 155 Å². The molecule has 0 aliphatic carbocycles. The Morgan fingerprint density at radius 3 is 2.54 bits per heavy atom. The van der Waals surface area contributed by atoms with Crippen LogP contribution < -0.4 is 5.32 Å². The minimum absolute atomic E-state index is 0.646. The van der Waals surface area contributed by atoms with Crippen molar-refractivity contribution < 1.29 is 0 Å². The quantitative estimate of drug-likeness (QED) is 0.550. The Kier molecular flexibility index (Phi) is 6.04. The second-order valence-electron chi connectivity index (χ2n) is 6.43. The van der Waals surface area contributed by atoms with Gasteiger partial charge in [-0.3, -0.25) is 0 Å². The fourth-order valence-electron chi connectivity index (χ4n) is 2.72. The highest BCUT2D eigenvalue weighted by atomic mass is 15.3. The summed E-state index contributed by atoms with van der Waals surface area (Å²) in [4.78, 5) is 10.9. The second-order valence-corrected chi connectivity index (χ2v) is 6.43. The van der Waals surface area contributed by atoms with E-state index in [1.54, 1.807) is 6.20 Å². The third-order valence-corrected chi connectivity index (χ3v) is 4.04. The zero-order valence-corrected chi connectivity index (χ0v) is 15.3. The van der Waals surface area contributed by atoms with Crippen molar-refractivity contribution in [2.75, 3.05) is 14.1 Å². The van der Waals surface area contributed by atoms with Crippen LogP contribution in [-0.2, 0) is 19.6 Å². The van der Waals surface area contributed by atoms with Gasteiger partial charge in [0.25, 0.3) is 0 Å². The Morgan fingerprint density at radius 1 is 1.04 bits per heavy atom. The van der Waals surface area contributed by atoms with Crippen LogP contribution in [0.4, 0.5) is 0 Å². The molecule has 5 heteroatoms. The Balaban J connectivity index is 1.63. The second kappa shape index (κ2) is 8.85. The number of rotatable bonds is 6. The van der Waals surface area contributed by atoms with Gasteiger partial charge in [-0.1, -0.05) is 54.6 Å². The number of benzene rings is 2. The summed E-state index contributed by atoms with van der Waals surface area (Å²) in [5.41, 5.74) is 3.69. The first-order valence-electron chi connectivity index (χ1n) is 8.74. The highest BCUT2D eigenvalue weighted by molar-refractivity contribution is 5.79. The van der Waals surface area contributed by atoms with Crippen LogP contribution in [0.1, 0.15) is 16.7 Å². The van der Waals surface area contributed by atoms with Gasteiger partial charge in [0, 0.05) is 39.6 Å². The van der Waals surface area contributed by atoms with Crippen LogP contribution in [0.3, 0.4) is 0 Å². The molecule has 0 saturated heterocycles. The molecule has 1 N–H and O–H groups in total. The molecule has 5 nitrogen and oxygen atoms in total. The Morgan fingerprint density at radius 2 is 1.81 bits per heavy atom. The Bertz CT molecular complexity index is 823. The van der Waals surface area contributed by atoms with Crippen molar-refractivity contribution in [3.8, 4) is 0 Å². The zero-order valence-electron chi connectivity index (χ0n) is 15.3. The molecule has 3 aromatic rings. The fraction of sp³-hybridized carbons (Fsp3) is 0.238. The molecule has 0 spiro atoms. The lowest BCUT2D eigenvalue weighted by atomic mass is 10.1. The molecule has 1 aromatic heterocycles. The first-order valence-corrected chi connectivity index (χ1v) is 8.74. The molecule has 3 rings (SSSR count). The van der Waals surface area contributed by atoms with Crippen molar-refractivity contribution in [3.05, 3.63) is 90.0 Å². The largest absolute Gasteiger partial charge is 0.352 e. The summed E-state index contributed by atoms with van der Waals surface area (Å²) >= 11 is 0. The molecule has 1 heterocycles. The van der Waals surface area contributed by atoms with Crippen molar-refractivity contribution in [2.24, 2.45) is 4.99 Å². The maximum Gasteiger partial charge on any atom is 0.194 e. The predicted octanol–water partition coefficient (Wildman–Crippen LogP) is 3.14. The number of guanidine groups is 1. The molecule has 0 fully saturated rings. The minimum atomic E-state index is 0.646. The standard InChI is InChI=1S/C21H25N5/c1-25(2)21(23-14-18-7-4-3-5-8-18)24-15-19-9-6-10-20(13-19)16-26-12-11-22-17-26/h3-13,17H,14-16H2,1-2H3,(H,23,24). The number of nitrogens with zero attached hydrogens (tertiary/aromatic N) is 4. The van der Waals surface area contributed by atoms with Crippen molar-refractivity contribution in [2.45, 2.75) is 19.6 Å². The molecule has 26 heavy (non-hydrogen) atoms. The van der Waals surface area contributed by atoms with E-state index < -0.39 is 0 Å². The van der Waals surface area contributed by atoms with Crippen LogP contribution >= 0.6 is 0 Å². The highest BCUT2D eigenvalue weighted by Gasteiger charge is 2.03. The minimum Gasteiger partial charge on any atom is -0.352 e. The smallest absolute Gasteiger partial charge is 0.194 e. The van der Waals surface area contributed by atoms with Gasteiger partial charge in [-0.15, -0.1) is 0 Å². The van der Waals surface area contributed by atoms with Crippen LogP contribution in [0.25, 0.3) is 0 Å². The van der Waals surface area contributed by atoms with Gasteiger partial charge in [-0.25, -0.2) is 9.98 Å². The average molecular weight is 347 g/mol. The summed E-state index contributed by atoms with van der Waals surface area (Å²) in [5.74, 6) is 0.883. The maximum absolute atomic E-state index is 4.76. The summed E-state index contributed by atoms with van der Waals surface area (Å²) in [6, 6.07) is 18.9. The van der Waals surface area contributed by atoms with Gasteiger partial charge in [0.05, 0.1) is 12.9 Å². The van der Waals surface area contributed by atoms with E-state index in [9.17, 15) is 0 Å². The maximum atomic E-state index is 4.76. The number of imidazole rings is 1. The average Bonchev–Trinajstić information content (AvgIpc) is 3.15. The predicted molar refractivity (Wildman–Crippen MR) is 106 cm³/mol. The Hall–Kier alpha value is -3.08. The molecule has 0 bridgehead atoms. The van der Waals surface area contributed by atoms with Crippen LogP contribution in [0.5, 0.6) is 0 Å². The van der Waals surface area contributed by atoms with Crippen molar-refractivity contribution >= 4 is 5.96 Å². The van der Waals surface area contributed by atoms with Crippen LogP contribution in [-0.4, -0.2) is 34.5 Å². The molecule has 0 aliphatic rings. The van der Waals surface area contributed by atoms with E-state index in [2.05, 4.69) is 63.4 Å². The third kappa shape index (κ3) is 5.21. The third-order valence-electron chi connectivity index (χ3n) is 4.04. The molecular weight excluding hydrogens is 322 g/mol. The number of hydrogen-bond acceptors (Lipinski definition) is 2. The molecule has 0 saturated carbocycles. The van der Waals surface area contributed by atoms with E-state index in [1.807, 2.05) is 37.6 Å². The molecule has 2 aromatic carbocycles. The van der Waals surface area contributed by atoms with Gasteiger partial charge in [0.2, 0.25) is 0 Å². The van der Waals surface area contributed by atoms with Crippen LogP contribution in [0, 0.1) is 0 Å². The molecule has 0 atom stereocenters. The summed E-state index contributed by atoms with van der Waals surface area (Å²) in [6.07, 6.45) is 5.61. The highest BCUT2D eigenvalue weighted by Crippen LogP contribution is 2.09. The molecule has 134 valence electrons. The van der Waals surface area contributed by atoms with Crippen LogP contribution in [0.15, 0.2) is 78.3 Å². The summed E-state index contributed by atoms with van der Waals surface area (Å²) in [6.45, 7) is 2.23. The molecule has 0 radical (unpaired) electrons. The van der Waals surface area contributed by atoms with E-state index in [-0.39, 0.29) is 0 Å². The van der Waals surface area contributed by atoms with E-state index in [4.69, 9.17) is 4.99 Å². The number of aliphatic imine (C=N–C) groups is 1. The van der Waals surface area contributed by atoms with Gasteiger partial charge in [-0.05, 0) is 16.7 Å². The lowest BCUT2D eigenvalue weighted by molar-refractivity contribution is 0.578. The van der Waals surface area contributed by atoms with Gasteiger partial charge >= 0.3 is 0 Å². The van der Waals surface area contributed by atoms with Crippen LogP contribution in [0.2, 0.25) is 0 Å². The molecular formula is C21H25N5. The van der Waals surface area contributed by atoms with E-state index in [1.165, 1.54) is 16.7 Å². The van der Waals surface area contributed by atoms with Gasteiger partial charge in [0.1, 0.15) is 0 Å². The topological polar surface area (TPSA) is 45.5 Å². The van der Waals surface area contributed by atoms with E-state index >= 15 is 0 Å². The number of aromatic nitrogens is 2. The SMILES string of the molecule is CN(C)C(=NCc1cccc(Cn2ccnc2)c1)NCc1ccccc1. The number of nitrogens with one attached hydrogen (secondary N) is 1. The molecule has 0 aliphatic heterocycles. The summed E-state index contributed by atoms with van der Waals surface area (Å²) in [5, 5.41) is 3.42. The zero-order chi connectivity index (χ0) is 18.2. The lowest BCUT2D eigenvalue weighted by Gasteiger charge is -2.18. The van der Waals surface area contributed by atoms with Crippen molar-refractivity contribution in [1.29, 1.82) is 0 Å². The van der Waals surface area contributed by atoms with E-state index in [0.717, 1.165) is 19.0 Å². The first kappa shape index (κ1) is 17.7. The lowest BCUT2D eigenvalue weighted by Crippen LogP contribution is -2.36. The number of hydrogen-bond donors (Lipinski definition) is 1. The van der Waals surface area contributed by atoms with Crippen molar-refractivity contribution in [3.63, 3.8) is 0 Å². The molecule has 0 amide bonds. The van der Waals surface area contributed by atoms with Gasteiger partial charge in [0.15, 0.2) is 5.96 Å². The fourth-order valence-corrected chi connectivity index (χ4v) is 2.72.